The maximum atomic E-state index is 12.7. The molecule has 7 heteroatoms. The van der Waals surface area contributed by atoms with Crippen molar-refractivity contribution in [1.82, 2.24) is 15.2 Å². The number of hydrogen-bond acceptors (Lipinski definition) is 5. The minimum Gasteiger partial charge on any atom is -0.465 e. The standard InChI is InChI=1S/C21H21N3O3S/c25-19(10-9-15-5-4-14-27-15)22-12-11-20(26)24-13-3-7-17(24)21-23-16-6-1-2-8-18(16)28-21/h1-2,4-6,8-10,14,17H,3,7,11-13H2,(H,22,25)/b10-9+. The van der Waals surface area contributed by atoms with E-state index in [2.05, 4.69) is 11.4 Å². The summed E-state index contributed by atoms with van der Waals surface area (Å²) in [6.45, 7) is 1.05. The predicted octanol–water partition coefficient (Wildman–Crippen LogP) is 3.77. The number of rotatable bonds is 6. The minimum atomic E-state index is -0.242. The minimum absolute atomic E-state index is 0.0412. The highest BCUT2D eigenvalue weighted by molar-refractivity contribution is 7.18. The van der Waals surface area contributed by atoms with Crippen molar-refractivity contribution in [2.45, 2.75) is 25.3 Å². The number of thiazole rings is 1. The van der Waals surface area contributed by atoms with Crippen LogP contribution >= 0.6 is 11.3 Å². The van der Waals surface area contributed by atoms with Crippen LogP contribution in [0.4, 0.5) is 0 Å². The van der Waals surface area contributed by atoms with E-state index in [0.717, 1.165) is 34.6 Å². The number of benzene rings is 1. The Bertz CT molecular complexity index is 960. The Balaban J connectivity index is 1.31. The van der Waals surface area contributed by atoms with Crippen LogP contribution in [0, 0.1) is 0 Å². The first-order valence-electron chi connectivity index (χ1n) is 9.35. The Morgan fingerprint density at radius 1 is 1.29 bits per heavy atom. The van der Waals surface area contributed by atoms with Gasteiger partial charge in [0.1, 0.15) is 10.8 Å². The summed E-state index contributed by atoms with van der Waals surface area (Å²) in [6.07, 6.45) is 6.74. The van der Waals surface area contributed by atoms with Gasteiger partial charge >= 0.3 is 0 Å². The quantitative estimate of drug-likeness (QED) is 0.645. The topological polar surface area (TPSA) is 75.4 Å². The van der Waals surface area contributed by atoms with Crippen molar-refractivity contribution < 1.29 is 14.0 Å². The molecule has 0 spiro atoms. The van der Waals surface area contributed by atoms with E-state index in [0.29, 0.717) is 12.3 Å². The van der Waals surface area contributed by atoms with Crippen LogP contribution in [-0.4, -0.2) is 34.8 Å². The lowest BCUT2D eigenvalue weighted by Gasteiger charge is -2.23. The van der Waals surface area contributed by atoms with Gasteiger partial charge in [0.2, 0.25) is 11.8 Å². The van der Waals surface area contributed by atoms with E-state index in [1.807, 2.05) is 23.1 Å². The monoisotopic (exact) mass is 395 g/mol. The number of nitrogens with one attached hydrogen (secondary N) is 1. The summed E-state index contributed by atoms with van der Waals surface area (Å²) in [5.74, 6) is 0.424. The first kappa shape index (κ1) is 18.4. The van der Waals surface area contributed by atoms with Crippen molar-refractivity contribution in [2.75, 3.05) is 13.1 Å². The molecular weight excluding hydrogens is 374 g/mol. The third-order valence-electron chi connectivity index (χ3n) is 4.75. The Morgan fingerprint density at radius 2 is 2.18 bits per heavy atom. The number of furan rings is 1. The summed E-state index contributed by atoms with van der Waals surface area (Å²) in [4.78, 5) is 31.2. The second-order valence-corrected chi connectivity index (χ2v) is 7.72. The molecular formula is C21H21N3O3S. The molecule has 1 aliphatic rings. The van der Waals surface area contributed by atoms with E-state index in [1.54, 1.807) is 35.8 Å². The van der Waals surface area contributed by atoms with Crippen LogP contribution < -0.4 is 5.32 Å². The molecule has 1 N–H and O–H groups in total. The predicted molar refractivity (Wildman–Crippen MR) is 109 cm³/mol. The average molecular weight is 395 g/mol. The van der Waals surface area contributed by atoms with Crippen LogP contribution in [0.1, 0.15) is 36.1 Å². The lowest BCUT2D eigenvalue weighted by atomic mass is 10.2. The van der Waals surface area contributed by atoms with Crippen molar-refractivity contribution >= 4 is 39.4 Å². The molecule has 0 bridgehead atoms. The van der Waals surface area contributed by atoms with Gasteiger partial charge in [0, 0.05) is 25.6 Å². The van der Waals surface area contributed by atoms with Crippen LogP contribution in [0.15, 0.2) is 53.2 Å². The molecule has 1 fully saturated rings. The Morgan fingerprint density at radius 3 is 3.00 bits per heavy atom. The number of amides is 2. The van der Waals surface area contributed by atoms with Gasteiger partial charge in [-0.1, -0.05) is 12.1 Å². The zero-order chi connectivity index (χ0) is 19.3. The van der Waals surface area contributed by atoms with Crippen LogP contribution in [0.5, 0.6) is 0 Å². The summed E-state index contributed by atoms with van der Waals surface area (Å²) >= 11 is 1.66. The number of likely N-dealkylation sites (tertiary alicyclic amines) is 1. The van der Waals surface area contributed by atoms with Gasteiger partial charge < -0.3 is 14.6 Å². The number of carbonyl (C=O) groups is 2. The third-order valence-corrected chi connectivity index (χ3v) is 5.89. The van der Waals surface area contributed by atoms with E-state index in [9.17, 15) is 9.59 Å². The SMILES string of the molecule is O=C(/C=C/c1ccco1)NCCC(=O)N1CCCC1c1nc2ccccc2s1. The molecule has 1 aromatic carbocycles. The Kier molecular flexibility index (Phi) is 5.53. The van der Waals surface area contributed by atoms with Crippen molar-refractivity contribution in [3.63, 3.8) is 0 Å². The average Bonchev–Trinajstić information content (AvgIpc) is 3.46. The molecule has 6 nitrogen and oxygen atoms in total. The molecule has 28 heavy (non-hydrogen) atoms. The normalized spacial score (nSPS) is 16.9. The summed E-state index contributed by atoms with van der Waals surface area (Å²) in [6, 6.07) is 11.6. The van der Waals surface area contributed by atoms with Crippen molar-refractivity contribution in [3.8, 4) is 0 Å². The molecule has 1 aliphatic heterocycles. The highest BCUT2D eigenvalue weighted by Crippen LogP contribution is 2.36. The van der Waals surface area contributed by atoms with Gasteiger partial charge in [0.05, 0.1) is 22.5 Å². The molecule has 1 saturated heterocycles. The van der Waals surface area contributed by atoms with E-state index in [4.69, 9.17) is 9.40 Å². The highest BCUT2D eigenvalue weighted by Gasteiger charge is 2.31. The molecule has 0 saturated carbocycles. The third kappa shape index (κ3) is 4.14. The van der Waals surface area contributed by atoms with Gasteiger partial charge in [-0.15, -0.1) is 11.3 Å². The first-order chi connectivity index (χ1) is 13.7. The van der Waals surface area contributed by atoms with Gasteiger partial charge in [0.25, 0.3) is 0 Å². The Hall–Kier alpha value is -2.93. The number of aromatic nitrogens is 1. The second-order valence-electron chi connectivity index (χ2n) is 6.65. The fourth-order valence-electron chi connectivity index (χ4n) is 3.39. The fourth-order valence-corrected chi connectivity index (χ4v) is 4.51. The maximum absolute atomic E-state index is 12.7. The van der Waals surface area contributed by atoms with E-state index in [-0.39, 0.29) is 24.3 Å². The summed E-state index contributed by atoms with van der Waals surface area (Å²) in [7, 11) is 0. The molecule has 1 unspecified atom stereocenters. The number of carbonyl (C=O) groups excluding carboxylic acids is 2. The van der Waals surface area contributed by atoms with Crippen molar-refractivity contribution in [1.29, 1.82) is 0 Å². The molecule has 0 aliphatic carbocycles. The summed E-state index contributed by atoms with van der Waals surface area (Å²) < 4.78 is 6.28. The zero-order valence-corrected chi connectivity index (χ0v) is 16.2. The van der Waals surface area contributed by atoms with E-state index in [1.165, 1.54) is 6.08 Å². The van der Waals surface area contributed by atoms with Crippen LogP contribution in [0.3, 0.4) is 0 Å². The highest BCUT2D eigenvalue weighted by atomic mass is 32.1. The van der Waals surface area contributed by atoms with Crippen molar-refractivity contribution in [2.24, 2.45) is 0 Å². The summed E-state index contributed by atoms with van der Waals surface area (Å²) in [5, 5.41) is 3.75. The first-order valence-corrected chi connectivity index (χ1v) is 10.2. The van der Waals surface area contributed by atoms with Gasteiger partial charge in [-0.05, 0) is 43.2 Å². The van der Waals surface area contributed by atoms with E-state index >= 15 is 0 Å². The molecule has 4 rings (SSSR count). The van der Waals surface area contributed by atoms with Gasteiger partial charge in [-0.2, -0.15) is 0 Å². The lowest BCUT2D eigenvalue weighted by molar-refractivity contribution is -0.132. The maximum Gasteiger partial charge on any atom is 0.244 e. The van der Waals surface area contributed by atoms with Gasteiger partial charge in [0.15, 0.2) is 0 Å². The summed E-state index contributed by atoms with van der Waals surface area (Å²) in [5.41, 5.74) is 0.984. The molecule has 0 radical (unpaired) electrons. The molecule has 2 amide bonds. The van der Waals surface area contributed by atoms with E-state index < -0.39 is 0 Å². The Labute approximate surface area is 166 Å². The molecule has 3 aromatic rings. The smallest absolute Gasteiger partial charge is 0.244 e. The number of para-hydroxylation sites is 1. The second kappa shape index (κ2) is 8.39. The largest absolute Gasteiger partial charge is 0.465 e. The molecule has 144 valence electrons. The zero-order valence-electron chi connectivity index (χ0n) is 15.3. The van der Waals surface area contributed by atoms with Crippen LogP contribution in [0.25, 0.3) is 16.3 Å². The number of nitrogens with zero attached hydrogens (tertiary/aromatic N) is 2. The van der Waals surface area contributed by atoms with Gasteiger partial charge in [-0.3, -0.25) is 9.59 Å². The molecule has 3 heterocycles. The molecule has 1 atom stereocenters. The number of fused-ring (bicyclic) bond motifs is 1. The van der Waals surface area contributed by atoms with Crippen molar-refractivity contribution in [3.05, 3.63) is 59.5 Å². The van der Waals surface area contributed by atoms with Crippen LogP contribution in [0.2, 0.25) is 0 Å². The van der Waals surface area contributed by atoms with Gasteiger partial charge in [-0.25, -0.2) is 4.98 Å². The number of hydrogen-bond donors (Lipinski definition) is 1. The lowest BCUT2D eigenvalue weighted by Crippen LogP contribution is -2.33. The van der Waals surface area contributed by atoms with Crippen LogP contribution in [-0.2, 0) is 9.59 Å². The molecule has 2 aromatic heterocycles. The fraction of sp³-hybridized carbons (Fsp3) is 0.286.